The zero-order valence-electron chi connectivity index (χ0n) is 11.7. The van der Waals surface area contributed by atoms with E-state index >= 15 is 0 Å². The lowest BCUT2D eigenvalue weighted by Crippen LogP contribution is -2.33. The Morgan fingerprint density at radius 2 is 2.16 bits per heavy atom. The summed E-state index contributed by atoms with van der Waals surface area (Å²) in [4.78, 5) is 19.4. The van der Waals surface area contributed by atoms with Crippen LogP contribution in [0.2, 0.25) is 0 Å². The average Bonchev–Trinajstić information content (AvgIpc) is 3.04. The molecule has 1 aromatic heterocycles. The molecule has 0 unspecified atom stereocenters. The summed E-state index contributed by atoms with van der Waals surface area (Å²) in [6.07, 6.45) is 4.96. The van der Waals surface area contributed by atoms with E-state index in [2.05, 4.69) is 4.98 Å². The van der Waals surface area contributed by atoms with Gasteiger partial charge in [-0.05, 0) is 26.7 Å². The summed E-state index contributed by atoms with van der Waals surface area (Å²) < 4.78 is 0. The normalized spacial score (nSPS) is 15.9. The van der Waals surface area contributed by atoms with Gasteiger partial charge in [0.1, 0.15) is 4.88 Å². The van der Waals surface area contributed by atoms with Crippen LogP contribution in [0.15, 0.2) is 0 Å². The van der Waals surface area contributed by atoms with Crippen molar-refractivity contribution in [3.63, 3.8) is 0 Å². The molecule has 1 N–H and O–H groups in total. The molecule has 5 heteroatoms. The highest BCUT2D eigenvalue weighted by Crippen LogP contribution is 2.37. The number of carbonyl (C=O) groups is 1. The van der Waals surface area contributed by atoms with Gasteiger partial charge in [-0.3, -0.25) is 4.79 Å². The van der Waals surface area contributed by atoms with Crippen LogP contribution in [0, 0.1) is 6.92 Å². The van der Waals surface area contributed by atoms with E-state index in [0.29, 0.717) is 19.0 Å². The van der Waals surface area contributed by atoms with Gasteiger partial charge in [-0.1, -0.05) is 12.8 Å². The molecule has 0 radical (unpaired) electrons. The van der Waals surface area contributed by atoms with Crippen molar-refractivity contribution < 1.29 is 9.90 Å². The lowest BCUT2D eigenvalue weighted by molar-refractivity contribution is 0.0736. The van der Waals surface area contributed by atoms with Crippen molar-refractivity contribution in [2.24, 2.45) is 0 Å². The van der Waals surface area contributed by atoms with Gasteiger partial charge >= 0.3 is 0 Å². The maximum absolute atomic E-state index is 12.4. The molecule has 0 aromatic carbocycles. The fourth-order valence-corrected chi connectivity index (χ4v) is 3.83. The quantitative estimate of drug-likeness (QED) is 0.903. The molecule has 0 saturated heterocycles. The predicted molar refractivity (Wildman–Crippen MR) is 76.7 cm³/mol. The molecule has 1 aromatic rings. The van der Waals surface area contributed by atoms with Crippen LogP contribution < -0.4 is 0 Å². The first kappa shape index (κ1) is 14.5. The maximum atomic E-state index is 12.4. The number of aryl methyl sites for hydroxylation is 1. The minimum Gasteiger partial charge on any atom is -0.395 e. The van der Waals surface area contributed by atoms with Gasteiger partial charge in [0.2, 0.25) is 0 Å². The fourth-order valence-electron chi connectivity index (χ4n) is 2.63. The number of hydrogen-bond donors (Lipinski definition) is 1. The fraction of sp³-hybridized carbons (Fsp3) is 0.714. The molecule has 1 amide bonds. The first-order chi connectivity index (χ1) is 9.17. The average molecular weight is 282 g/mol. The highest BCUT2D eigenvalue weighted by Gasteiger charge is 2.25. The molecular weight excluding hydrogens is 260 g/mol. The van der Waals surface area contributed by atoms with E-state index in [0.717, 1.165) is 15.6 Å². The van der Waals surface area contributed by atoms with Crippen LogP contribution in [0.5, 0.6) is 0 Å². The second-order valence-corrected chi connectivity index (χ2v) is 6.09. The number of aliphatic hydroxyl groups is 1. The molecule has 4 nitrogen and oxygen atoms in total. The summed E-state index contributed by atoms with van der Waals surface area (Å²) in [5, 5.41) is 10.1. The Kier molecular flexibility index (Phi) is 4.93. The monoisotopic (exact) mass is 282 g/mol. The number of carbonyl (C=O) groups excluding carboxylic acids is 1. The summed E-state index contributed by atoms with van der Waals surface area (Å²) in [6.45, 7) is 4.87. The molecular formula is C14H22N2O2S. The van der Waals surface area contributed by atoms with E-state index in [1.165, 1.54) is 25.7 Å². The van der Waals surface area contributed by atoms with Gasteiger partial charge < -0.3 is 10.0 Å². The summed E-state index contributed by atoms with van der Waals surface area (Å²) in [5.74, 6) is 0.564. The van der Waals surface area contributed by atoms with Gasteiger partial charge in [0.05, 0.1) is 17.3 Å². The number of aliphatic hydroxyl groups excluding tert-OH is 1. The molecule has 1 aliphatic carbocycles. The number of thiazole rings is 1. The molecule has 1 aliphatic rings. The van der Waals surface area contributed by atoms with E-state index in [1.54, 1.807) is 16.2 Å². The van der Waals surface area contributed by atoms with Crippen LogP contribution in [-0.4, -0.2) is 40.6 Å². The van der Waals surface area contributed by atoms with Gasteiger partial charge in [0.15, 0.2) is 0 Å². The number of likely N-dealkylation sites (N-methyl/N-ethyl adjacent to an activating group) is 1. The van der Waals surface area contributed by atoms with Gasteiger partial charge in [0, 0.05) is 19.0 Å². The third-order valence-corrected chi connectivity index (χ3v) is 5.06. The van der Waals surface area contributed by atoms with Gasteiger partial charge in [0.25, 0.3) is 5.91 Å². The number of aromatic nitrogens is 1. The molecule has 19 heavy (non-hydrogen) atoms. The van der Waals surface area contributed by atoms with Crippen LogP contribution in [0.25, 0.3) is 0 Å². The van der Waals surface area contributed by atoms with E-state index in [9.17, 15) is 4.79 Å². The van der Waals surface area contributed by atoms with E-state index in [4.69, 9.17) is 5.11 Å². The van der Waals surface area contributed by atoms with E-state index in [1.807, 2.05) is 13.8 Å². The number of rotatable bonds is 5. The highest BCUT2D eigenvalue weighted by atomic mass is 32.1. The minimum atomic E-state index is 0.00686. The van der Waals surface area contributed by atoms with E-state index < -0.39 is 0 Å². The van der Waals surface area contributed by atoms with Crippen molar-refractivity contribution >= 4 is 17.2 Å². The second kappa shape index (κ2) is 6.48. The first-order valence-electron chi connectivity index (χ1n) is 7.04. The van der Waals surface area contributed by atoms with Crippen molar-refractivity contribution in [3.05, 3.63) is 15.6 Å². The SMILES string of the molecule is CCN(CCO)C(=O)c1sc(C2CCCC2)nc1C. The Hall–Kier alpha value is -0.940. The lowest BCUT2D eigenvalue weighted by Gasteiger charge is -2.18. The zero-order valence-corrected chi connectivity index (χ0v) is 12.5. The van der Waals surface area contributed by atoms with Crippen molar-refractivity contribution in [3.8, 4) is 0 Å². The molecule has 2 rings (SSSR count). The molecule has 0 bridgehead atoms. The second-order valence-electron chi connectivity index (χ2n) is 5.06. The van der Waals surface area contributed by atoms with Crippen LogP contribution in [0.3, 0.4) is 0 Å². The van der Waals surface area contributed by atoms with Gasteiger partial charge in [-0.25, -0.2) is 4.98 Å². The predicted octanol–water partition coefficient (Wildman–Crippen LogP) is 2.56. The Balaban J connectivity index is 2.17. The maximum Gasteiger partial charge on any atom is 0.265 e. The number of hydrogen-bond acceptors (Lipinski definition) is 4. The zero-order chi connectivity index (χ0) is 13.8. The van der Waals surface area contributed by atoms with Gasteiger partial charge in [-0.2, -0.15) is 0 Å². The van der Waals surface area contributed by atoms with Crippen LogP contribution in [0.4, 0.5) is 0 Å². The summed E-state index contributed by atoms with van der Waals surface area (Å²) in [7, 11) is 0. The minimum absolute atomic E-state index is 0.00686. The summed E-state index contributed by atoms with van der Waals surface area (Å²) >= 11 is 1.55. The smallest absolute Gasteiger partial charge is 0.265 e. The van der Waals surface area contributed by atoms with Crippen LogP contribution >= 0.6 is 11.3 Å². The Morgan fingerprint density at radius 1 is 1.47 bits per heavy atom. The largest absolute Gasteiger partial charge is 0.395 e. The Bertz CT molecular complexity index is 439. The van der Waals surface area contributed by atoms with Crippen LogP contribution in [-0.2, 0) is 0 Å². The molecule has 0 aliphatic heterocycles. The molecule has 0 atom stereocenters. The topological polar surface area (TPSA) is 53.4 Å². The van der Waals surface area contributed by atoms with Gasteiger partial charge in [-0.15, -0.1) is 11.3 Å². The van der Waals surface area contributed by atoms with Crippen molar-refractivity contribution in [2.75, 3.05) is 19.7 Å². The molecule has 1 fully saturated rings. The standard InChI is InChI=1S/C14H22N2O2S/c1-3-16(8-9-17)14(18)12-10(2)15-13(19-12)11-6-4-5-7-11/h11,17H,3-9H2,1-2H3. The molecule has 0 spiro atoms. The third kappa shape index (κ3) is 3.15. The third-order valence-electron chi connectivity index (χ3n) is 3.75. The first-order valence-corrected chi connectivity index (χ1v) is 7.86. The molecule has 106 valence electrons. The highest BCUT2D eigenvalue weighted by molar-refractivity contribution is 7.13. The summed E-state index contributed by atoms with van der Waals surface area (Å²) in [5.41, 5.74) is 0.841. The van der Waals surface area contributed by atoms with Crippen LogP contribution in [0.1, 0.15) is 58.9 Å². The molecule has 1 heterocycles. The van der Waals surface area contributed by atoms with Crippen molar-refractivity contribution in [1.82, 2.24) is 9.88 Å². The number of amides is 1. The summed E-state index contributed by atoms with van der Waals surface area (Å²) in [6, 6.07) is 0. The lowest BCUT2D eigenvalue weighted by atomic mass is 10.1. The number of nitrogens with zero attached hydrogens (tertiary/aromatic N) is 2. The molecule has 1 saturated carbocycles. The van der Waals surface area contributed by atoms with E-state index in [-0.39, 0.29) is 12.5 Å². The Morgan fingerprint density at radius 3 is 2.74 bits per heavy atom. The van der Waals surface area contributed by atoms with Crippen molar-refractivity contribution in [2.45, 2.75) is 45.4 Å². The van der Waals surface area contributed by atoms with Crippen molar-refractivity contribution in [1.29, 1.82) is 0 Å². The Labute approximate surface area is 118 Å².